The number of benzene rings is 2. The zero-order chi connectivity index (χ0) is 19.2. The van der Waals surface area contributed by atoms with Crippen LogP contribution in [0.5, 0.6) is 0 Å². The van der Waals surface area contributed by atoms with E-state index in [1.807, 2.05) is 12.1 Å². The van der Waals surface area contributed by atoms with Crippen molar-refractivity contribution in [2.75, 3.05) is 6.61 Å². The van der Waals surface area contributed by atoms with E-state index in [0.29, 0.717) is 16.1 Å². The Labute approximate surface area is 159 Å². The number of nitrogens with zero attached hydrogens (tertiary/aromatic N) is 1. The summed E-state index contributed by atoms with van der Waals surface area (Å²) in [6, 6.07) is 16.7. The number of ether oxygens (including phenoxy) is 1. The van der Waals surface area contributed by atoms with E-state index in [1.54, 1.807) is 30.3 Å². The summed E-state index contributed by atoms with van der Waals surface area (Å²) >= 11 is 5.74. The summed E-state index contributed by atoms with van der Waals surface area (Å²) in [6.07, 6.45) is 0. The third-order valence-electron chi connectivity index (χ3n) is 3.56. The lowest BCUT2D eigenvalue weighted by molar-refractivity contribution is -0.125. The molecule has 2 amide bonds. The molecular weight excluding hydrogens is 370 g/mol. The van der Waals surface area contributed by atoms with Gasteiger partial charge in [-0.25, -0.2) is 9.78 Å². The van der Waals surface area contributed by atoms with E-state index in [-0.39, 0.29) is 5.69 Å². The van der Waals surface area contributed by atoms with Crippen LogP contribution in [-0.2, 0) is 9.53 Å². The molecule has 0 saturated heterocycles. The predicted molar refractivity (Wildman–Crippen MR) is 99.1 cm³/mol. The number of esters is 1. The normalized spacial score (nSPS) is 10.3. The van der Waals surface area contributed by atoms with Gasteiger partial charge in [0.2, 0.25) is 0 Å². The Kier molecular flexibility index (Phi) is 5.63. The summed E-state index contributed by atoms with van der Waals surface area (Å²) in [5.74, 6) is -1.95. The maximum absolute atomic E-state index is 12.0. The van der Waals surface area contributed by atoms with Crippen LogP contribution in [0, 0.1) is 0 Å². The first-order valence-corrected chi connectivity index (χ1v) is 8.28. The molecule has 1 heterocycles. The van der Waals surface area contributed by atoms with Gasteiger partial charge in [-0.3, -0.25) is 20.4 Å². The Morgan fingerprint density at radius 2 is 1.67 bits per heavy atom. The minimum absolute atomic E-state index is 0.0895. The number of halogens is 1. The first-order chi connectivity index (χ1) is 13.0. The lowest BCUT2D eigenvalue weighted by atomic mass is 10.2. The number of para-hydroxylation sites is 1. The average molecular weight is 384 g/mol. The van der Waals surface area contributed by atoms with Gasteiger partial charge in [-0.05, 0) is 36.4 Å². The van der Waals surface area contributed by atoms with Crippen LogP contribution in [0.15, 0.2) is 60.7 Å². The van der Waals surface area contributed by atoms with E-state index in [4.69, 9.17) is 16.3 Å². The van der Waals surface area contributed by atoms with Crippen LogP contribution in [0.4, 0.5) is 0 Å². The highest BCUT2D eigenvalue weighted by atomic mass is 35.5. The molecule has 0 saturated carbocycles. The van der Waals surface area contributed by atoms with Gasteiger partial charge in [0.25, 0.3) is 11.8 Å². The largest absolute Gasteiger partial charge is 0.451 e. The van der Waals surface area contributed by atoms with Crippen LogP contribution in [0.1, 0.15) is 20.8 Å². The SMILES string of the molecule is O=C(COC(=O)c1ccc2ccccc2n1)NNC(=O)c1ccc(Cl)cc1. The summed E-state index contributed by atoms with van der Waals surface area (Å²) in [5.41, 5.74) is 5.43. The standard InChI is InChI=1S/C19H14ClN3O4/c20-14-8-5-13(6-9-14)18(25)23-22-17(24)11-27-19(26)16-10-7-12-3-1-2-4-15(12)21-16/h1-10H,11H2,(H,22,24)(H,23,25). The fourth-order valence-corrected chi connectivity index (χ4v) is 2.35. The van der Waals surface area contributed by atoms with E-state index >= 15 is 0 Å². The van der Waals surface area contributed by atoms with Crippen molar-refractivity contribution in [1.29, 1.82) is 0 Å². The molecule has 0 unspecified atom stereocenters. The number of hydrazine groups is 1. The molecule has 27 heavy (non-hydrogen) atoms. The van der Waals surface area contributed by atoms with Gasteiger partial charge in [-0.15, -0.1) is 0 Å². The van der Waals surface area contributed by atoms with Crippen molar-refractivity contribution in [3.8, 4) is 0 Å². The summed E-state index contributed by atoms with van der Waals surface area (Å²) in [6.45, 7) is -0.561. The molecule has 7 nitrogen and oxygen atoms in total. The number of rotatable bonds is 4. The smallest absolute Gasteiger partial charge is 0.357 e. The van der Waals surface area contributed by atoms with Gasteiger partial charge >= 0.3 is 5.97 Å². The maximum Gasteiger partial charge on any atom is 0.357 e. The lowest BCUT2D eigenvalue weighted by Crippen LogP contribution is -2.43. The minimum Gasteiger partial charge on any atom is -0.451 e. The molecular formula is C19H14ClN3O4. The molecule has 0 aliphatic heterocycles. The fraction of sp³-hybridized carbons (Fsp3) is 0.0526. The number of amides is 2. The molecule has 0 spiro atoms. The number of carbonyl (C=O) groups excluding carboxylic acids is 3. The molecule has 0 radical (unpaired) electrons. The van der Waals surface area contributed by atoms with E-state index in [0.717, 1.165) is 5.39 Å². The zero-order valence-corrected chi connectivity index (χ0v) is 14.7. The van der Waals surface area contributed by atoms with E-state index in [9.17, 15) is 14.4 Å². The van der Waals surface area contributed by atoms with Crippen molar-refractivity contribution >= 4 is 40.3 Å². The highest BCUT2D eigenvalue weighted by molar-refractivity contribution is 6.30. The monoisotopic (exact) mass is 383 g/mol. The van der Waals surface area contributed by atoms with E-state index in [1.165, 1.54) is 18.2 Å². The fourth-order valence-electron chi connectivity index (χ4n) is 2.22. The molecule has 0 fully saturated rings. The van der Waals surface area contributed by atoms with Crippen LogP contribution in [0.25, 0.3) is 10.9 Å². The first-order valence-electron chi connectivity index (χ1n) is 7.90. The quantitative estimate of drug-likeness (QED) is 0.533. The molecule has 2 N–H and O–H groups in total. The van der Waals surface area contributed by atoms with Gasteiger partial charge in [0, 0.05) is 16.0 Å². The van der Waals surface area contributed by atoms with Crippen molar-refractivity contribution in [3.63, 3.8) is 0 Å². The van der Waals surface area contributed by atoms with Crippen molar-refractivity contribution in [2.24, 2.45) is 0 Å². The van der Waals surface area contributed by atoms with Gasteiger partial charge in [0.15, 0.2) is 6.61 Å². The third-order valence-corrected chi connectivity index (χ3v) is 3.82. The van der Waals surface area contributed by atoms with Gasteiger partial charge in [0.1, 0.15) is 5.69 Å². The zero-order valence-electron chi connectivity index (χ0n) is 13.9. The molecule has 0 aliphatic rings. The van der Waals surface area contributed by atoms with Gasteiger partial charge in [0.05, 0.1) is 5.52 Å². The third kappa shape index (κ3) is 4.80. The Hall–Kier alpha value is -3.45. The second kappa shape index (κ2) is 8.29. The Bertz CT molecular complexity index is 1010. The highest BCUT2D eigenvalue weighted by Gasteiger charge is 2.13. The maximum atomic E-state index is 12.0. The van der Waals surface area contributed by atoms with Gasteiger partial charge in [-0.2, -0.15) is 0 Å². The van der Waals surface area contributed by atoms with Gasteiger partial charge in [-0.1, -0.05) is 35.9 Å². The van der Waals surface area contributed by atoms with E-state index in [2.05, 4.69) is 15.8 Å². The summed E-state index contributed by atoms with van der Waals surface area (Å²) in [5, 5.41) is 1.38. The summed E-state index contributed by atoms with van der Waals surface area (Å²) in [7, 11) is 0. The van der Waals surface area contributed by atoms with Crippen LogP contribution in [-0.4, -0.2) is 29.4 Å². The van der Waals surface area contributed by atoms with Crippen molar-refractivity contribution in [3.05, 3.63) is 76.9 Å². The molecule has 0 aliphatic carbocycles. The lowest BCUT2D eigenvalue weighted by Gasteiger charge is -2.08. The second-order valence-electron chi connectivity index (χ2n) is 5.47. The predicted octanol–water partition coefficient (Wildman–Crippen LogP) is 2.51. The minimum atomic E-state index is -0.736. The van der Waals surface area contributed by atoms with E-state index < -0.39 is 24.4 Å². The number of hydrogen-bond donors (Lipinski definition) is 2. The molecule has 0 bridgehead atoms. The van der Waals surface area contributed by atoms with Crippen LogP contribution < -0.4 is 10.9 Å². The number of carbonyl (C=O) groups is 3. The van der Waals surface area contributed by atoms with Gasteiger partial charge < -0.3 is 4.74 Å². The molecule has 2 aromatic carbocycles. The van der Waals surface area contributed by atoms with Crippen molar-refractivity contribution in [2.45, 2.75) is 0 Å². The average Bonchev–Trinajstić information content (AvgIpc) is 2.70. The van der Waals surface area contributed by atoms with Crippen LogP contribution >= 0.6 is 11.6 Å². The number of nitrogens with one attached hydrogen (secondary N) is 2. The Morgan fingerprint density at radius 3 is 2.44 bits per heavy atom. The van der Waals surface area contributed by atoms with Crippen molar-refractivity contribution < 1.29 is 19.1 Å². The molecule has 8 heteroatoms. The number of pyridine rings is 1. The highest BCUT2D eigenvalue weighted by Crippen LogP contribution is 2.12. The molecule has 136 valence electrons. The molecule has 3 rings (SSSR count). The molecule has 3 aromatic rings. The summed E-state index contributed by atoms with van der Waals surface area (Å²) in [4.78, 5) is 39.8. The first kappa shape index (κ1) is 18.3. The van der Waals surface area contributed by atoms with Crippen LogP contribution in [0.2, 0.25) is 5.02 Å². The number of fused-ring (bicyclic) bond motifs is 1. The number of aromatic nitrogens is 1. The Morgan fingerprint density at radius 1 is 0.926 bits per heavy atom. The topological polar surface area (TPSA) is 97.4 Å². The summed E-state index contributed by atoms with van der Waals surface area (Å²) < 4.78 is 4.91. The van der Waals surface area contributed by atoms with Crippen molar-refractivity contribution in [1.82, 2.24) is 15.8 Å². The second-order valence-corrected chi connectivity index (χ2v) is 5.91. The Balaban J connectivity index is 1.49. The van der Waals surface area contributed by atoms with Crippen LogP contribution in [0.3, 0.4) is 0 Å². The molecule has 0 atom stereocenters. The molecule has 1 aromatic heterocycles. The number of hydrogen-bond acceptors (Lipinski definition) is 5.